The van der Waals surface area contributed by atoms with E-state index in [0.29, 0.717) is 0 Å². The van der Waals surface area contributed by atoms with Crippen LogP contribution in [0.1, 0.15) is 28.8 Å². The number of aromatic nitrogens is 3. The number of anilines is 1. The smallest absolute Gasteiger partial charge is 0.158 e. The summed E-state index contributed by atoms with van der Waals surface area (Å²) in [5, 5.41) is 6.68. The first-order valence-electron chi connectivity index (χ1n) is 8.78. The number of rotatable bonds is 3. The molecule has 0 fully saturated rings. The van der Waals surface area contributed by atoms with E-state index in [1.807, 2.05) is 36.7 Å². The van der Waals surface area contributed by atoms with Gasteiger partial charge in [0.05, 0.1) is 17.1 Å². The van der Waals surface area contributed by atoms with E-state index >= 15 is 0 Å². The molecular weight excluding hydrogens is 342 g/mol. The van der Waals surface area contributed by atoms with Crippen LogP contribution in [0.2, 0.25) is 0 Å². The van der Waals surface area contributed by atoms with Gasteiger partial charge in [0.25, 0.3) is 0 Å². The quantitative estimate of drug-likeness (QED) is 0.430. The third-order valence-corrected chi connectivity index (χ3v) is 6.01. The molecule has 1 aliphatic carbocycles. The first kappa shape index (κ1) is 15.4. The summed E-state index contributed by atoms with van der Waals surface area (Å²) in [5.41, 5.74) is 6.54. The molecule has 1 N–H and O–H groups in total. The third-order valence-electron chi connectivity index (χ3n) is 4.81. The molecule has 3 heterocycles. The summed E-state index contributed by atoms with van der Waals surface area (Å²) in [7, 11) is 0. The standard InChI is InChI=1S/C20H17N5S/c1-3-7-16-14(5-1)13(9-10-21-16)11-24-25-19-18-15-6-2-4-8-17(15)26-20(18)23-12-22-19/h1,3,5,7,9-12H,2,4,6,8H2,(H,22,23,25)/b24-11-. The largest absolute Gasteiger partial charge is 0.261 e. The highest BCUT2D eigenvalue weighted by atomic mass is 32.1. The highest BCUT2D eigenvalue weighted by molar-refractivity contribution is 7.19. The molecule has 3 aromatic heterocycles. The Morgan fingerprint density at radius 3 is 2.96 bits per heavy atom. The van der Waals surface area contributed by atoms with Crippen molar-refractivity contribution in [2.45, 2.75) is 25.7 Å². The van der Waals surface area contributed by atoms with Crippen molar-refractivity contribution in [1.29, 1.82) is 0 Å². The van der Waals surface area contributed by atoms with Gasteiger partial charge in [-0.1, -0.05) is 18.2 Å². The Hall–Kier alpha value is -2.86. The van der Waals surface area contributed by atoms with E-state index in [2.05, 4.69) is 31.5 Å². The first-order valence-corrected chi connectivity index (χ1v) is 9.60. The molecule has 0 saturated heterocycles. The zero-order valence-corrected chi connectivity index (χ0v) is 15.0. The van der Waals surface area contributed by atoms with Gasteiger partial charge in [0.1, 0.15) is 11.2 Å². The van der Waals surface area contributed by atoms with Crippen molar-refractivity contribution >= 4 is 44.5 Å². The van der Waals surface area contributed by atoms with Crippen LogP contribution in [-0.4, -0.2) is 21.2 Å². The minimum absolute atomic E-state index is 0.795. The van der Waals surface area contributed by atoms with Crippen molar-refractivity contribution in [2.24, 2.45) is 5.10 Å². The van der Waals surface area contributed by atoms with Crippen molar-refractivity contribution in [1.82, 2.24) is 15.0 Å². The Kier molecular flexibility index (Phi) is 3.83. The van der Waals surface area contributed by atoms with Gasteiger partial charge in [-0.3, -0.25) is 10.4 Å². The van der Waals surface area contributed by atoms with Crippen LogP contribution in [0.25, 0.3) is 21.1 Å². The van der Waals surface area contributed by atoms with Crippen LogP contribution >= 0.6 is 11.3 Å². The summed E-state index contributed by atoms with van der Waals surface area (Å²) >= 11 is 1.79. The van der Waals surface area contributed by atoms with Crippen molar-refractivity contribution < 1.29 is 0 Å². The van der Waals surface area contributed by atoms with Crippen LogP contribution in [0, 0.1) is 0 Å². The van der Waals surface area contributed by atoms with E-state index in [4.69, 9.17) is 0 Å². The van der Waals surface area contributed by atoms with Gasteiger partial charge in [-0.25, -0.2) is 9.97 Å². The fourth-order valence-electron chi connectivity index (χ4n) is 3.57. The molecule has 0 radical (unpaired) electrons. The van der Waals surface area contributed by atoms with E-state index in [9.17, 15) is 0 Å². The summed E-state index contributed by atoms with van der Waals surface area (Å²) in [5.74, 6) is 0.795. The Bertz CT molecular complexity index is 1130. The molecule has 6 heteroatoms. The van der Waals surface area contributed by atoms with Gasteiger partial charge in [-0.05, 0) is 43.4 Å². The molecule has 26 heavy (non-hydrogen) atoms. The number of hydrazone groups is 1. The van der Waals surface area contributed by atoms with E-state index < -0.39 is 0 Å². The Morgan fingerprint density at radius 1 is 1.04 bits per heavy atom. The number of aryl methyl sites for hydroxylation is 2. The molecular formula is C20H17N5S. The van der Waals surface area contributed by atoms with Gasteiger partial charge in [-0.15, -0.1) is 11.3 Å². The minimum Gasteiger partial charge on any atom is -0.261 e. The van der Waals surface area contributed by atoms with Gasteiger partial charge >= 0.3 is 0 Å². The maximum Gasteiger partial charge on any atom is 0.158 e. The summed E-state index contributed by atoms with van der Waals surface area (Å²) in [6.45, 7) is 0. The fraction of sp³-hybridized carbons (Fsp3) is 0.200. The molecule has 0 unspecified atom stereocenters. The number of pyridine rings is 1. The number of nitrogens with zero attached hydrogens (tertiary/aromatic N) is 4. The highest BCUT2D eigenvalue weighted by Gasteiger charge is 2.19. The van der Waals surface area contributed by atoms with Crippen LogP contribution in [0.5, 0.6) is 0 Å². The number of para-hydroxylation sites is 1. The molecule has 5 rings (SSSR count). The predicted molar refractivity (Wildman–Crippen MR) is 107 cm³/mol. The van der Waals surface area contributed by atoms with Crippen molar-refractivity contribution in [3.05, 3.63) is 58.9 Å². The van der Waals surface area contributed by atoms with Crippen molar-refractivity contribution in [3.63, 3.8) is 0 Å². The average Bonchev–Trinajstić information content (AvgIpc) is 3.08. The lowest BCUT2D eigenvalue weighted by atomic mass is 9.97. The molecule has 4 aromatic rings. The van der Waals surface area contributed by atoms with E-state index in [0.717, 1.165) is 45.3 Å². The zero-order valence-electron chi connectivity index (χ0n) is 14.1. The molecule has 0 bridgehead atoms. The van der Waals surface area contributed by atoms with Gasteiger partial charge in [0.15, 0.2) is 5.82 Å². The average molecular weight is 359 g/mol. The SMILES string of the molecule is C(=N/Nc1ncnc2sc3c(c12)CCCC3)/c1ccnc2ccccc12. The third kappa shape index (κ3) is 2.63. The number of hydrogen-bond acceptors (Lipinski definition) is 6. The molecule has 0 atom stereocenters. The van der Waals surface area contributed by atoms with Crippen LogP contribution < -0.4 is 5.43 Å². The first-order chi connectivity index (χ1) is 12.9. The summed E-state index contributed by atoms with van der Waals surface area (Å²) < 4.78 is 0. The Balaban J connectivity index is 1.50. The second kappa shape index (κ2) is 6.46. The lowest BCUT2D eigenvalue weighted by molar-refractivity contribution is 0.700. The summed E-state index contributed by atoms with van der Waals surface area (Å²) in [6.07, 6.45) is 10.0. The molecule has 0 spiro atoms. The summed E-state index contributed by atoms with van der Waals surface area (Å²) in [6, 6.07) is 10.0. The second-order valence-electron chi connectivity index (χ2n) is 6.40. The summed E-state index contributed by atoms with van der Waals surface area (Å²) in [4.78, 5) is 15.8. The monoisotopic (exact) mass is 359 g/mol. The number of thiophene rings is 1. The number of benzene rings is 1. The van der Waals surface area contributed by atoms with Crippen LogP contribution in [-0.2, 0) is 12.8 Å². The predicted octanol–water partition coefficient (Wildman–Crippen LogP) is 4.56. The number of hydrogen-bond donors (Lipinski definition) is 1. The second-order valence-corrected chi connectivity index (χ2v) is 7.48. The molecule has 0 saturated carbocycles. The van der Waals surface area contributed by atoms with Gasteiger partial charge in [0.2, 0.25) is 0 Å². The fourth-order valence-corrected chi connectivity index (χ4v) is 4.80. The maximum absolute atomic E-state index is 4.46. The Morgan fingerprint density at radius 2 is 1.96 bits per heavy atom. The van der Waals surface area contributed by atoms with Gasteiger partial charge in [0, 0.05) is 22.0 Å². The lowest BCUT2D eigenvalue weighted by Crippen LogP contribution is -2.01. The molecule has 1 aliphatic rings. The number of fused-ring (bicyclic) bond motifs is 4. The van der Waals surface area contributed by atoms with Gasteiger partial charge in [-0.2, -0.15) is 5.10 Å². The molecule has 128 valence electrons. The van der Waals surface area contributed by atoms with Crippen LogP contribution in [0.4, 0.5) is 5.82 Å². The minimum atomic E-state index is 0.795. The number of nitrogens with one attached hydrogen (secondary N) is 1. The van der Waals surface area contributed by atoms with Crippen LogP contribution in [0.15, 0.2) is 48.0 Å². The van der Waals surface area contributed by atoms with Crippen molar-refractivity contribution in [3.8, 4) is 0 Å². The van der Waals surface area contributed by atoms with E-state index in [1.54, 1.807) is 17.7 Å². The maximum atomic E-state index is 4.46. The Labute approximate surface area is 154 Å². The highest BCUT2D eigenvalue weighted by Crippen LogP contribution is 2.38. The molecule has 0 aliphatic heterocycles. The lowest BCUT2D eigenvalue weighted by Gasteiger charge is -2.11. The van der Waals surface area contributed by atoms with E-state index in [-0.39, 0.29) is 0 Å². The van der Waals surface area contributed by atoms with Crippen LogP contribution in [0.3, 0.4) is 0 Å². The van der Waals surface area contributed by atoms with E-state index in [1.165, 1.54) is 23.3 Å². The molecule has 5 nitrogen and oxygen atoms in total. The zero-order chi connectivity index (χ0) is 17.3. The topological polar surface area (TPSA) is 63.1 Å². The molecule has 0 amide bonds. The van der Waals surface area contributed by atoms with Gasteiger partial charge < -0.3 is 0 Å². The normalized spacial score (nSPS) is 14.2. The van der Waals surface area contributed by atoms with Crippen molar-refractivity contribution in [2.75, 3.05) is 5.43 Å². The molecule has 1 aromatic carbocycles.